The van der Waals surface area contributed by atoms with E-state index < -0.39 is 11.5 Å². The van der Waals surface area contributed by atoms with Crippen LogP contribution in [0.2, 0.25) is 0 Å². The Morgan fingerprint density at radius 3 is 2.38 bits per heavy atom. The van der Waals surface area contributed by atoms with Crippen molar-refractivity contribution in [3.8, 4) is 33.9 Å². The van der Waals surface area contributed by atoms with Gasteiger partial charge in [0, 0.05) is 11.1 Å². The van der Waals surface area contributed by atoms with Crippen LogP contribution in [0.25, 0.3) is 22.4 Å². The van der Waals surface area contributed by atoms with Crippen LogP contribution in [-0.2, 0) is 0 Å². The number of ether oxygens (including phenoxy) is 2. The Hall–Kier alpha value is -4.72. The molecule has 0 bridgehead atoms. The van der Waals surface area contributed by atoms with Crippen LogP contribution in [0.5, 0.6) is 11.5 Å². The van der Waals surface area contributed by atoms with E-state index in [1.807, 2.05) is 66.7 Å². The SMILES string of the molecule is CCCCOc1ccc(C=NNC(=O)c2c(-c3ccccc3)c(-c3ccccc3)n[nH]c2=O)cc1OC. The molecule has 37 heavy (non-hydrogen) atoms. The van der Waals surface area contributed by atoms with E-state index in [1.54, 1.807) is 19.2 Å². The van der Waals surface area contributed by atoms with Crippen molar-refractivity contribution in [2.45, 2.75) is 19.8 Å². The van der Waals surface area contributed by atoms with Crippen LogP contribution in [0, 0.1) is 0 Å². The summed E-state index contributed by atoms with van der Waals surface area (Å²) >= 11 is 0. The van der Waals surface area contributed by atoms with Crippen molar-refractivity contribution in [2.24, 2.45) is 5.10 Å². The summed E-state index contributed by atoms with van der Waals surface area (Å²) in [6.45, 7) is 2.70. The summed E-state index contributed by atoms with van der Waals surface area (Å²) in [6, 6.07) is 24.0. The monoisotopic (exact) mass is 496 g/mol. The number of nitrogens with zero attached hydrogens (tertiary/aromatic N) is 2. The lowest BCUT2D eigenvalue weighted by atomic mass is 9.95. The third kappa shape index (κ3) is 6.10. The Kier molecular flexibility index (Phi) is 8.44. The summed E-state index contributed by atoms with van der Waals surface area (Å²) in [5.41, 5.74) is 4.87. The second-order valence-corrected chi connectivity index (χ2v) is 8.19. The Balaban J connectivity index is 1.63. The van der Waals surface area contributed by atoms with E-state index in [2.05, 4.69) is 27.6 Å². The minimum atomic E-state index is -0.651. The fraction of sp³-hybridized carbons (Fsp3) is 0.172. The van der Waals surface area contributed by atoms with Gasteiger partial charge >= 0.3 is 0 Å². The number of unbranched alkanes of at least 4 members (excludes halogenated alkanes) is 1. The van der Waals surface area contributed by atoms with Crippen molar-refractivity contribution < 1.29 is 14.3 Å². The van der Waals surface area contributed by atoms with E-state index in [9.17, 15) is 9.59 Å². The number of H-pyrrole nitrogens is 1. The topological polar surface area (TPSA) is 106 Å². The number of hydrazone groups is 1. The predicted molar refractivity (Wildman–Crippen MR) is 144 cm³/mol. The molecule has 2 N–H and O–H groups in total. The van der Waals surface area contributed by atoms with Gasteiger partial charge in [0.2, 0.25) is 0 Å². The van der Waals surface area contributed by atoms with Crippen molar-refractivity contribution in [2.75, 3.05) is 13.7 Å². The first-order valence-electron chi connectivity index (χ1n) is 12.0. The number of carbonyl (C=O) groups is 1. The van der Waals surface area contributed by atoms with Crippen molar-refractivity contribution in [1.29, 1.82) is 0 Å². The zero-order valence-electron chi connectivity index (χ0n) is 20.7. The molecule has 8 heteroatoms. The molecule has 1 heterocycles. The Morgan fingerprint density at radius 1 is 1.00 bits per heavy atom. The van der Waals surface area contributed by atoms with E-state index in [4.69, 9.17) is 9.47 Å². The zero-order chi connectivity index (χ0) is 26.0. The van der Waals surface area contributed by atoms with Gasteiger partial charge in [0.25, 0.3) is 11.5 Å². The molecule has 4 rings (SSSR count). The van der Waals surface area contributed by atoms with Crippen LogP contribution in [-0.4, -0.2) is 36.0 Å². The molecule has 188 valence electrons. The number of aromatic nitrogens is 2. The first-order valence-corrected chi connectivity index (χ1v) is 12.0. The molecule has 0 unspecified atom stereocenters. The molecule has 0 radical (unpaired) electrons. The van der Waals surface area contributed by atoms with Gasteiger partial charge in [-0.25, -0.2) is 10.5 Å². The van der Waals surface area contributed by atoms with Gasteiger partial charge in [0.05, 0.1) is 25.6 Å². The molecule has 3 aromatic carbocycles. The highest BCUT2D eigenvalue weighted by Crippen LogP contribution is 2.31. The zero-order valence-corrected chi connectivity index (χ0v) is 20.7. The minimum Gasteiger partial charge on any atom is -0.493 e. The number of rotatable bonds is 10. The van der Waals surface area contributed by atoms with Crippen LogP contribution >= 0.6 is 0 Å². The molecule has 1 aromatic heterocycles. The Labute approximate surface area is 215 Å². The normalized spacial score (nSPS) is 10.9. The Bertz CT molecular complexity index is 1430. The molecule has 0 saturated heterocycles. The van der Waals surface area contributed by atoms with E-state index in [0.29, 0.717) is 40.5 Å². The third-order valence-corrected chi connectivity index (χ3v) is 5.64. The summed E-state index contributed by atoms with van der Waals surface area (Å²) in [5, 5.41) is 10.8. The van der Waals surface area contributed by atoms with Gasteiger partial charge in [-0.3, -0.25) is 9.59 Å². The van der Waals surface area contributed by atoms with Crippen molar-refractivity contribution >= 4 is 12.1 Å². The maximum absolute atomic E-state index is 13.2. The maximum atomic E-state index is 13.2. The smallest absolute Gasteiger partial charge is 0.277 e. The van der Waals surface area contributed by atoms with Gasteiger partial charge in [-0.15, -0.1) is 0 Å². The minimum absolute atomic E-state index is 0.0746. The summed E-state index contributed by atoms with van der Waals surface area (Å²) in [7, 11) is 1.57. The van der Waals surface area contributed by atoms with Crippen LogP contribution in [0.1, 0.15) is 35.7 Å². The Morgan fingerprint density at radius 2 is 1.70 bits per heavy atom. The largest absolute Gasteiger partial charge is 0.493 e. The van der Waals surface area contributed by atoms with Crippen molar-refractivity contribution in [3.05, 3.63) is 100 Å². The fourth-order valence-electron chi connectivity index (χ4n) is 3.79. The van der Waals surface area contributed by atoms with Crippen LogP contribution in [0.15, 0.2) is 88.8 Å². The predicted octanol–water partition coefficient (Wildman–Crippen LogP) is 5.06. The van der Waals surface area contributed by atoms with Crippen molar-refractivity contribution in [3.63, 3.8) is 0 Å². The third-order valence-electron chi connectivity index (χ3n) is 5.64. The molecule has 0 aliphatic rings. The van der Waals surface area contributed by atoms with Gasteiger partial charge in [-0.05, 0) is 35.7 Å². The molecule has 0 fully saturated rings. The van der Waals surface area contributed by atoms with Crippen LogP contribution in [0.3, 0.4) is 0 Å². The fourth-order valence-corrected chi connectivity index (χ4v) is 3.79. The molecular weight excluding hydrogens is 468 g/mol. The lowest BCUT2D eigenvalue weighted by Gasteiger charge is -2.13. The number of methoxy groups -OCH3 is 1. The number of benzene rings is 3. The highest BCUT2D eigenvalue weighted by atomic mass is 16.5. The molecule has 0 aliphatic heterocycles. The molecule has 4 aromatic rings. The number of carbonyl (C=O) groups excluding carboxylic acids is 1. The first kappa shape index (κ1) is 25.4. The van der Waals surface area contributed by atoms with Gasteiger partial charge in [-0.2, -0.15) is 10.2 Å². The number of nitrogens with one attached hydrogen (secondary N) is 2. The lowest BCUT2D eigenvalue weighted by molar-refractivity contribution is 0.0954. The van der Waals surface area contributed by atoms with Crippen LogP contribution < -0.4 is 20.5 Å². The molecule has 8 nitrogen and oxygen atoms in total. The quantitative estimate of drug-likeness (QED) is 0.181. The van der Waals surface area contributed by atoms with E-state index in [-0.39, 0.29) is 5.56 Å². The molecule has 0 spiro atoms. The van der Waals surface area contributed by atoms with Gasteiger partial charge < -0.3 is 9.47 Å². The standard InChI is InChI=1S/C29H28N4O4/c1-3-4-17-37-23-16-15-20(18-24(23)36-2)19-30-32-28(34)26-25(21-11-7-5-8-12-21)27(31-33-29(26)35)22-13-9-6-10-14-22/h5-16,18-19H,3-4,17H2,1-2H3,(H,32,34)(H,33,35). The van der Waals surface area contributed by atoms with E-state index in [1.165, 1.54) is 6.21 Å². The average Bonchev–Trinajstić information content (AvgIpc) is 2.94. The maximum Gasteiger partial charge on any atom is 0.277 e. The second-order valence-electron chi connectivity index (χ2n) is 8.19. The second kappa shape index (κ2) is 12.3. The van der Waals surface area contributed by atoms with Gasteiger partial charge in [-0.1, -0.05) is 74.0 Å². The first-order chi connectivity index (χ1) is 18.1. The number of hydrogen-bond acceptors (Lipinski definition) is 6. The summed E-state index contributed by atoms with van der Waals surface area (Å²) in [5.74, 6) is 0.555. The van der Waals surface area contributed by atoms with E-state index >= 15 is 0 Å². The highest BCUT2D eigenvalue weighted by molar-refractivity contribution is 6.03. The summed E-state index contributed by atoms with van der Waals surface area (Å²) < 4.78 is 11.2. The molecule has 0 atom stereocenters. The number of amides is 1. The number of aromatic amines is 1. The molecule has 0 saturated carbocycles. The highest BCUT2D eigenvalue weighted by Gasteiger charge is 2.22. The summed E-state index contributed by atoms with van der Waals surface area (Å²) in [4.78, 5) is 26.1. The van der Waals surface area contributed by atoms with Gasteiger partial charge in [0.15, 0.2) is 11.5 Å². The van der Waals surface area contributed by atoms with Crippen LogP contribution in [0.4, 0.5) is 0 Å². The molecule has 0 aliphatic carbocycles. The van der Waals surface area contributed by atoms with Gasteiger partial charge in [0.1, 0.15) is 5.56 Å². The van der Waals surface area contributed by atoms with Crippen molar-refractivity contribution in [1.82, 2.24) is 15.6 Å². The molecular formula is C29H28N4O4. The average molecular weight is 497 g/mol. The number of hydrogen-bond donors (Lipinski definition) is 2. The van der Waals surface area contributed by atoms with E-state index in [0.717, 1.165) is 18.4 Å². The summed E-state index contributed by atoms with van der Waals surface area (Å²) in [6.07, 6.45) is 3.46. The molecule has 1 amide bonds. The lowest BCUT2D eigenvalue weighted by Crippen LogP contribution is -2.28.